The molecule has 0 radical (unpaired) electrons. The van der Waals surface area contributed by atoms with Gasteiger partial charge >= 0.3 is 6.18 Å². The maximum atomic E-state index is 12.9. The van der Waals surface area contributed by atoms with Crippen LogP contribution in [0.25, 0.3) is 16.6 Å². The van der Waals surface area contributed by atoms with Crippen molar-refractivity contribution in [2.24, 2.45) is 7.05 Å². The zero-order valence-electron chi connectivity index (χ0n) is 15.1. The smallest absolute Gasteiger partial charge is 0.277 e. The van der Waals surface area contributed by atoms with Crippen LogP contribution in [0.15, 0.2) is 58.4 Å². The Bertz CT molecular complexity index is 1360. The molecule has 0 aliphatic heterocycles. The number of nitrogens with one attached hydrogen (secondary N) is 1. The predicted octanol–water partition coefficient (Wildman–Crippen LogP) is 3.74. The fourth-order valence-electron chi connectivity index (χ4n) is 2.87. The monoisotopic (exact) mass is 500 g/mol. The highest BCUT2D eigenvalue weighted by Gasteiger charge is 2.32. The Labute approximate surface area is 176 Å². The van der Waals surface area contributed by atoms with Crippen molar-refractivity contribution in [3.05, 3.63) is 59.2 Å². The van der Waals surface area contributed by atoms with Crippen molar-refractivity contribution < 1.29 is 21.6 Å². The standard InChI is InChI=1S/C17H12BrF3N6O2S/c1-26-16-10(7-23-26)4-11(18)5-14(16)25-30(28,29)13-8-24-27(9-13)12-2-3-22-15(6-12)17(19,20)21/h2-9,25H,1H3. The number of nitrogens with zero attached hydrogens (tertiary/aromatic N) is 5. The molecule has 30 heavy (non-hydrogen) atoms. The van der Waals surface area contributed by atoms with E-state index in [-0.39, 0.29) is 16.3 Å². The molecule has 4 rings (SSSR count). The van der Waals surface area contributed by atoms with Crippen LogP contribution in [0.4, 0.5) is 18.9 Å². The van der Waals surface area contributed by atoms with E-state index in [0.717, 1.165) is 34.7 Å². The number of sulfonamides is 1. The highest BCUT2D eigenvalue weighted by atomic mass is 79.9. The van der Waals surface area contributed by atoms with Crippen molar-refractivity contribution in [2.75, 3.05) is 4.72 Å². The fourth-order valence-corrected chi connectivity index (χ4v) is 4.33. The van der Waals surface area contributed by atoms with Crippen molar-refractivity contribution in [1.82, 2.24) is 24.5 Å². The highest BCUT2D eigenvalue weighted by Crippen LogP contribution is 2.30. The van der Waals surface area contributed by atoms with Gasteiger partial charge in [-0.05, 0) is 24.3 Å². The second-order valence-corrected chi connectivity index (χ2v) is 8.88. The Balaban J connectivity index is 1.70. The van der Waals surface area contributed by atoms with Crippen molar-refractivity contribution in [2.45, 2.75) is 11.1 Å². The molecule has 1 N–H and O–H groups in total. The Hall–Kier alpha value is -2.93. The number of hydrogen-bond acceptors (Lipinski definition) is 5. The number of alkyl halides is 3. The summed E-state index contributed by atoms with van der Waals surface area (Å²) < 4.78 is 70.0. The molecule has 0 aliphatic carbocycles. The Morgan fingerprint density at radius 2 is 1.90 bits per heavy atom. The SMILES string of the molecule is Cn1ncc2cc(Br)cc(NS(=O)(=O)c3cnn(-c4ccnc(C(F)(F)F)c4)c3)c21. The first-order valence-electron chi connectivity index (χ1n) is 8.27. The molecule has 1 aromatic carbocycles. The van der Waals surface area contributed by atoms with Gasteiger partial charge in [-0.25, -0.2) is 13.1 Å². The number of fused-ring (bicyclic) bond motifs is 1. The third kappa shape index (κ3) is 3.77. The van der Waals surface area contributed by atoms with Gasteiger partial charge in [0.1, 0.15) is 10.6 Å². The third-order valence-electron chi connectivity index (χ3n) is 4.21. The van der Waals surface area contributed by atoms with Crippen molar-refractivity contribution in [3.63, 3.8) is 0 Å². The van der Waals surface area contributed by atoms with Gasteiger partial charge in [0.15, 0.2) is 0 Å². The van der Waals surface area contributed by atoms with Gasteiger partial charge in [-0.1, -0.05) is 15.9 Å². The maximum Gasteiger partial charge on any atom is 0.433 e. The molecule has 13 heteroatoms. The van der Waals surface area contributed by atoms with Gasteiger partial charge in [-0.15, -0.1) is 0 Å². The largest absolute Gasteiger partial charge is 0.433 e. The number of aromatic nitrogens is 5. The number of halogens is 4. The lowest BCUT2D eigenvalue weighted by Crippen LogP contribution is -2.13. The molecule has 0 saturated carbocycles. The molecule has 0 spiro atoms. The Kier molecular flexibility index (Phi) is 4.81. The zero-order chi connectivity index (χ0) is 21.7. The molecule has 0 bridgehead atoms. The molecule has 3 heterocycles. The molecule has 156 valence electrons. The molecule has 3 aromatic heterocycles. The van der Waals surface area contributed by atoms with E-state index < -0.39 is 21.9 Å². The van der Waals surface area contributed by atoms with Gasteiger partial charge < -0.3 is 0 Å². The van der Waals surface area contributed by atoms with Crippen molar-refractivity contribution in [3.8, 4) is 5.69 Å². The fraction of sp³-hybridized carbons (Fsp3) is 0.118. The van der Waals surface area contributed by atoms with E-state index in [2.05, 4.69) is 35.8 Å². The number of benzene rings is 1. The van der Waals surface area contributed by atoms with Crippen LogP contribution in [0.5, 0.6) is 0 Å². The molecule has 0 saturated heterocycles. The number of pyridine rings is 1. The van der Waals surface area contributed by atoms with Gasteiger partial charge in [-0.3, -0.25) is 14.4 Å². The number of aryl methyl sites for hydroxylation is 1. The summed E-state index contributed by atoms with van der Waals surface area (Å²) in [7, 11) is -2.40. The molecule has 0 amide bonds. The second kappa shape index (κ2) is 7.09. The quantitative estimate of drug-likeness (QED) is 0.460. The van der Waals surface area contributed by atoms with E-state index in [9.17, 15) is 21.6 Å². The summed E-state index contributed by atoms with van der Waals surface area (Å²) in [5.41, 5.74) is -0.227. The first-order valence-corrected chi connectivity index (χ1v) is 10.5. The van der Waals surface area contributed by atoms with E-state index in [0.29, 0.717) is 9.99 Å². The van der Waals surface area contributed by atoms with E-state index in [4.69, 9.17) is 0 Å². The lowest BCUT2D eigenvalue weighted by Gasteiger charge is -2.10. The van der Waals surface area contributed by atoms with Gasteiger partial charge in [-0.2, -0.15) is 23.4 Å². The van der Waals surface area contributed by atoms with Crippen LogP contribution in [-0.2, 0) is 23.2 Å². The summed E-state index contributed by atoms with van der Waals surface area (Å²) in [6.45, 7) is 0. The lowest BCUT2D eigenvalue weighted by molar-refractivity contribution is -0.141. The second-order valence-electron chi connectivity index (χ2n) is 6.28. The normalized spacial score (nSPS) is 12.4. The van der Waals surface area contributed by atoms with Gasteiger partial charge in [0.25, 0.3) is 10.0 Å². The summed E-state index contributed by atoms with van der Waals surface area (Å²) in [5.74, 6) is 0. The first-order chi connectivity index (χ1) is 14.0. The Morgan fingerprint density at radius 3 is 2.63 bits per heavy atom. The topological polar surface area (TPSA) is 94.7 Å². The molecule has 0 unspecified atom stereocenters. The zero-order valence-corrected chi connectivity index (χ0v) is 17.5. The van der Waals surface area contributed by atoms with E-state index >= 15 is 0 Å². The average molecular weight is 501 g/mol. The van der Waals surface area contributed by atoms with Crippen LogP contribution >= 0.6 is 15.9 Å². The maximum absolute atomic E-state index is 12.9. The summed E-state index contributed by atoms with van der Waals surface area (Å²) in [6, 6.07) is 5.45. The first kappa shape index (κ1) is 20.3. The third-order valence-corrected chi connectivity index (χ3v) is 5.99. The average Bonchev–Trinajstić information content (AvgIpc) is 3.29. The highest BCUT2D eigenvalue weighted by molar-refractivity contribution is 9.10. The minimum absolute atomic E-state index is 0.0234. The molecule has 0 aliphatic rings. The van der Waals surface area contributed by atoms with Gasteiger partial charge in [0.05, 0.1) is 35.5 Å². The van der Waals surface area contributed by atoms with Crippen molar-refractivity contribution in [1.29, 1.82) is 0 Å². The number of rotatable bonds is 4. The molecule has 0 fully saturated rings. The summed E-state index contributed by atoms with van der Waals surface area (Å²) >= 11 is 3.33. The van der Waals surface area contributed by atoms with Gasteiger partial charge in [0, 0.05) is 23.1 Å². The molecular formula is C17H12BrF3N6O2S. The lowest BCUT2D eigenvalue weighted by atomic mass is 10.2. The van der Waals surface area contributed by atoms with Crippen LogP contribution in [0.2, 0.25) is 0 Å². The minimum Gasteiger partial charge on any atom is -0.277 e. The molecule has 8 nitrogen and oxygen atoms in total. The van der Waals surface area contributed by atoms with Crippen LogP contribution in [0, 0.1) is 0 Å². The van der Waals surface area contributed by atoms with Crippen LogP contribution in [0.1, 0.15) is 5.69 Å². The van der Waals surface area contributed by atoms with E-state index in [1.54, 1.807) is 25.4 Å². The molecule has 4 aromatic rings. The predicted molar refractivity (Wildman–Crippen MR) is 106 cm³/mol. The molecule has 0 atom stereocenters. The van der Waals surface area contributed by atoms with Gasteiger partial charge in [0.2, 0.25) is 0 Å². The summed E-state index contributed by atoms with van der Waals surface area (Å²) in [6.07, 6.45) is 0.115. The minimum atomic E-state index is -4.63. The number of hydrogen-bond donors (Lipinski definition) is 1. The summed E-state index contributed by atoms with van der Waals surface area (Å²) in [4.78, 5) is 3.06. The molecular weight excluding hydrogens is 489 g/mol. The van der Waals surface area contributed by atoms with Crippen LogP contribution in [0.3, 0.4) is 0 Å². The van der Waals surface area contributed by atoms with Crippen molar-refractivity contribution >= 4 is 42.5 Å². The number of anilines is 1. The van der Waals surface area contributed by atoms with Crippen LogP contribution in [-0.4, -0.2) is 33.0 Å². The van der Waals surface area contributed by atoms with Crippen LogP contribution < -0.4 is 4.72 Å². The van der Waals surface area contributed by atoms with E-state index in [1.807, 2.05) is 0 Å². The summed E-state index contributed by atoms with van der Waals surface area (Å²) in [5, 5.41) is 8.72. The van der Waals surface area contributed by atoms with E-state index in [1.165, 1.54) is 10.7 Å². The Morgan fingerprint density at radius 1 is 1.13 bits per heavy atom.